The minimum Gasteiger partial charge on any atom is -0.457 e. The van der Waals surface area contributed by atoms with Crippen molar-refractivity contribution in [1.29, 1.82) is 0 Å². The van der Waals surface area contributed by atoms with Gasteiger partial charge in [0.05, 0.1) is 26.0 Å². The van der Waals surface area contributed by atoms with Gasteiger partial charge < -0.3 is 25.9 Å². The Kier molecular flexibility index (Phi) is 5.50. The zero-order valence-corrected chi connectivity index (χ0v) is 12.8. The van der Waals surface area contributed by atoms with Crippen LogP contribution in [0.15, 0.2) is 21.5 Å². The first-order valence-electron chi connectivity index (χ1n) is 6.55. The number of nitrogen functional groups attached to an aromatic ring is 1. The Morgan fingerprint density at radius 2 is 2.41 bits per heavy atom. The average molecular weight is 323 g/mol. The zero-order chi connectivity index (χ0) is 15.9. The van der Waals surface area contributed by atoms with Crippen molar-refractivity contribution in [2.45, 2.75) is 13.5 Å². The first-order valence-corrected chi connectivity index (χ1v) is 7.37. The largest absolute Gasteiger partial charge is 0.457 e. The molecule has 2 heterocycles. The van der Waals surface area contributed by atoms with Gasteiger partial charge in [-0.15, -0.1) is 0 Å². The second-order valence-corrected chi connectivity index (χ2v) is 5.34. The summed E-state index contributed by atoms with van der Waals surface area (Å²) in [5.74, 6) is 1.04. The third-order valence-corrected chi connectivity index (χ3v) is 3.38. The number of thiazole rings is 1. The molecule has 0 saturated heterocycles. The molecule has 0 bridgehead atoms. The number of furan rings is 1. The Morgan fingerprint density at radius 3 is 3.14 bits per heavy atom. The number of carbonyl (C=O) groups is 1. The van der Waals surface area contributed by atoms with Crippen LogP contribution in [-0.4, -0.2) is 35.5 Å². The van der Waals surface area contributed by atoms with E-state index in [2.05, 4.69) is 20.6 Å². The molecule has 0 aliphatic rings. The summed E-state index contributed by atoms with van der Waals surface area (Å²) in [6, 6.07) is 3.53. The quantitative estimate of drug-likeness (QED) is 0.446. The van der Waals surface area contributed by atoms with Crippen LogP contribution in [0.2, 0.25) is 0 Å². The number of nitrogens with two attached hydrogens (primary N) is 1. The predicted octanol–water partition coefficient (Wildman–Crippen LogP) is 1.05. The molecule has 22 heavy (non-hydrogen) atoms. The van der Waals surface area contributed by atoms with E-state index in [1.807, 2.05) is 0 Å². The van der Waals surface area contributed by atoms with Crippen molar-refractivity contribution in [3.63, 3.8) is 0 Å². The number of nitrogens with zero attached hydrogens (tertiary/aromatic N) is 2. The molecule has 0 radical (unpaired) electrons. The molecular formula is C13H17N5O3S. The molecule has 118 valence electrons. The number of anilines is 2. The van der Waals surface area contributed by atoms with Crippen LogP contribution in [0.4, 0.5) is 10.1 Å². The molecule has 0 fully saturated rings. The highest BCUT2D eigenvalue weighted by Gasteiger charge is 2.15. The minimum absolute atomic E-state index is 0.0133. The molecule has 0 aliphatic carbocycles. The van der Waals surface area contributed by atoms with E-state index >= 15 is 0 Å². The van der Waals surface area contributed by atoms with Gasteiger partial charge in [-0.25, -0.2) is 4.98 Å². The van der Waals surface area contributed by atoms with Gasteiger partial charge in [0.1, 0.15) is 16.5 Å². The molecule has 1 amide bonds. The zero-order valence-electron chi connectivity index (χ0n) is 12.0. The van der Waals surface area contributed by atoms with Crippen molar-refractivity contribution in [3.05, 3.63) is 17.9 Å². The van der Waals surface area contributed by atoms with Gasteiger partial charge in [0.25, 0.3) is 0 Å². The van der Waals surface area contributed by atoms with E-state index in [0.29, 0.717) is 40.4 Å². The van der Waals surface area contributed by atoms with E-state index in [9.17, 15) is 4.79 Å². The molecule has 2 aromatic heterocycles. The third kappa shape index (κ3) is 4.30. The van der Waals surface area contributed by atoms with Crippen molar-refractivity contribution in [3.8, 4) is 11.5 Å². The van der Waals surface area contributed by atoms with Gasteiger partial charge in [-0.3, -0.25) is 9.79 Å². The molecule has 0 spiro atoms. The number of nitrogens with one attached hydrogen (secondary N) is 2. The van der Waals surface area contributed by atoms with Crippen LogP contribution in [0.1, 0.15) is 12.7 Å². The summed E-state index contributed by atoms with van der Waals surface area (Å²) in [5, 5.41) is 15.4. The maximum Gasteiger partial charge on any atom is 0.217 e. The van der Waals surface area contributed by atoms with Gasteiger partial charge in [0.15, 0.2) is 10.9 Å². The van der Waals surface area contributed by atoms with Crippen molar-refractivity contribution >= 4 is 33.7 Å². The molecule has 0 aliphatic heterocycles. The molecule has 0 unspecified atom stereocenters. The summed E-state index contributed by atoms with van der Waals surface area (Å²) in [6.07, 6.45) is 1.48. The Bertz CT molecular complexity index is 664. The van der Waals surface area contributed by atoms with Crippen LogP contribution in [0.5, 0.6) is 0 Å². The first kappa shape index (κ1) is 16.0. The highest BCUT2D eigenvalue weighted by atomic mass is 32.1. The molecule has 0 saturated carbocycles. The molecule has 8 nitrogen and oxygen atoms in total. The normalized spacial score (nSPS) is 11.0. The fourth-order valence-electron chi connectivity index (χ4n) is 1.64. The highest BCUT2D eigenvalue weighted by molar-refractivity contribution is 7.20. The topological polar surface area (TPSA) is 126 Å². The summed E-state index contributed by atoms with van der Waals surface area (Å²) >= 11 is 1.27. The summed E-state index contributed by atoms with van der Waals surface area (Å²) in [4.78, 5) is 19.1. The van der Waals surface area contributed by atoms with Gasteiger partial charge in [0.2, 0.25) is 5.91 Å². The van der Waals surface area contributed by atoms with Gasteiger partial charge >= 0.3 is 0 Å². The van der Waals surface area contributed by atoms with Crippen LogP contribution in [-0.2, 0) is 11.3 Å². The molecule has 0 atom stereocenters. The lowest BCUT2D eigenvalue weighted by Gasteiger charge is -2.00. The van der Waals surface area contributed by atoms with Crippen molar-refractivity contribution < 1.29 is 14.3 Å². The standard InChI is InChI=1S/C13H17N5O3S/c1-8(20)16-6-9-2-3-10(21-9)11-12(22-13(14)18-11)17-7-15-4-5-19/h2-3,7,19H,4-6H2,1H3,(H2,14,18)(H,15,17)(H,16,20). The smallest absolute Gasteiger partial charge is 0.217 e. The van der Waals surface area contributed by atoms with E-state index in [4.69, 9.17) is 15.3 Å². The number of amides is 1. The van der Waals surface area contributed by atoms with E-state index in [-0.39, 0.29) is 12.5 Å². The summed E-state index contributed by atoms with van der Waals surface area (Å²) < 4.78 is 5.65. The molecular weight excluding hydrogens is 306 g/mol. The van der Waals surface area contributed by atoms with Gasteiger partial charge in [-0.2, -0.15) is 0 Å². The maximum absolute atomic E-state index is 10.9. The van der Waals surface area contributed by atoms with Crippen LogP contribution in [0, 0.1) is 0 Å². The summed E-state index contributed by atoms with van der Waals surface area (Å²) in [7, 11) is 0. The van der Waals surface area contributed by atoms with Gasteiger partial charge in [-0.05, 0) is 12.1 Å². The fourth-order valence-corrected chi connectivity index (χ4v) is 2.34. The monoisotopic (exact) mass is 323 g/mol. The van der Waals surface area contributed by atoms with E-state index in [0.717, 1.165) is 0 Å². The molecule has 2 rings (SSSR count). The Hall–Kier alpha value is -2.39. The van der Waals surface area contributed by atoms with E-state index in [1.165, 1.54) is 24.6 Å². The second kappa shape index (κ2) is 7.57. The lowest BCUT2D eigenvalue weighted by atomic mass is 10.3. The molecule has 0 aromatic carbocycles. The number of aromatic nitrogens is 1. The van der Waals surface area contributed by atoms with E-state index in [1.54, 1.807) is 12.1 Å². The van der Waals surface area contributed by atoms with Crippen molar-refractivity contribution in [1.82, 2.24) is 10.3 Å². The van der Waals surface area contributed by atoms with Crippen LogP contribution < -0.4 is 16.4 Å². The lowest BCUT2D eigenvalue weighted by Crippen LogP contribution is -2.18. The third-order valence-electron chi connectivity index (χ3n) is 2.57. The van der Waals surface area contributed by atoms with Crippen LogP contribution in [0.25, 0.3) is 11.5 Å². The number of aliphatic imine (C=N–C) groups is 1. The van der Waals surface area contributed by atoms with E-state index < -0.39 is 0 Å². The summed E-state index contributed by atoms with van der Waals surface area (Å²) in [6.45, 7) is 2.06. The number of hydrogen-bond acceptors (Lipinski definition) is 7. The van der Waals surface area contributed by atoms with Crippen LogP contribution >= 0.6 is 11.3 Å². The molecule has 5 N–H and O–H groups in total. The number of carbonyl (C=O) groups excluding carboxylic acids is 1. The number of rotatable bonds is 7. The van der Waals surface area contributed by atoms with Crippen LogP contribution in [0.3, 0.4) is 0 Å². The Morgan fingerprint density at radius 1 is 1.59 bits per heavy atom. The van der Waals surface area contributed by atoms with Crippen molar-refractivity contribution in [2.24, 2.45) is 4.99 Å². The Labute approximate surface area is 131 Å². The van der Waals surface area contributed by atoms with Gasteiger partial charge in [-0.1, -0.05) is 11.3 Å². The lowest BCUT2D eigenvalue weighted by molar-refractivity contribution is -0.119. The second-order valence-electron chi connectivity index (χ2n) is 4.31. The van der Waals surface area contributed by atoms with Gasteiger partial charge in [0, 0.05) is 6.92 Å². The average Bonchev–Trinajstić information content (AvgIpc) is 3.08. The number of aliphatic hydroxyl groups excluding tert-OH is 1. The number of hydrogen-bond donors (Lipinski definition) is 4. The van der Waals surface area contributed by atoms with Crippen molar-refractivity contribution in [2.75, 3.05) is 24.2 Å². The predicted molar refractivity (Wildman–Crippen MR) is 85.8 cm³/mol. The Balaban J connectivity index is 2.12. The first-order chi connectivity index (χ1) is 10.6. The summed E-state index contributed by atoms with van der Waals surface area (Å²) in [5.41, 5.74) is 6.31. The fraction of sp³-hybridized carbons (Fsp3) is 0.308. The highest BCUT2D eigenvalue weighted by Crippen LogP contribution is 2.35. The SMILES string of the molecule is CC(=O)NCc1ccc(-c2nc(N)sc2NC=NCCO)o1. The minimum atomic E-state index is -0.127. The number of aliphatic hydroxyl groups is 1. The molecule has 9 heteroatoms. The maximum atomic E-state index is 10.9. The molecule has 2 aromatic rings.